The van der Waals surface area contributed by atoms with Crippen molar-refractivity contribution >= 4 is 27.5 Å². The molecule has 0 radical (unpaired) electrons. The number of rotatable bonds is 12. The quantitative estimate of drug-likeness (QED) is 0.349. The van der Waals surface area contributed by atoms with Gasteiger partial charge in [-0.2, -0.15) is 0 Å². The number of anilines is 1. The van der Waals surface area contributed by atoms with Gasteiger partial charge < -0.3 is 19.7 Å². The highest BCUT2D eigenvalue weighted by atomic mass is 32.2. The van der Waals surface area contributed by atoms with Crippen LogP contribution in [0.2, 0.25) is 0 Å². The number of fused-ring (bicyclic) bond motifs is 1. The summed E-state index contributed by atoms with van der Waals surface area (Å²) in [4.78, 5) is 29.0. The van der Waals surface area contributed by atoms with Crippen LogP contribution in [0.1, 0.15) is 25.0 Å². The third-order valence-electron chi connectivity index (χ3n) is 6.55. The Kier molecular flexibility index (Phi) is 9.49. The second-order valence-electron chi connectivity index (χ2n) is 10.3. The normalized spacial score (nSPS) is 13.1. The van der Waals surface area contributed by atoms with E-state index < -0.39 is 34.3 Å². The molecule has 0 aliphatic carbocycles. The zero-order valence-corrected chi connectivity index (χ0v) is 24.1. The number of ether oxygens (including phenoxy) is 2. The first-order chi connectivity index (χ1) is 19.5. The molecular formula is C30H34FN3O6S. The molecule has 0 aromatic heterocycles. The first kappa shape index (κ1) is 29.9. The first-order valence-electron chi connectivity index (χ1n) is 13.2. The summed E-state index contributed by atoms with van der Waals surface area (Å²) in [5.41, 5.74) is 1.63. The van der Waals surface area contributed by atoms with Gasteiger partial charge in [0.2, 0.25) is 28.6 Å². The number of halogens is 1. The highest BCUT2D eigenvalue weighted by Crippen LogP contribution is 2.36. The monoisotopic (exact) mass is 583 g/mol. The predicted octanol–water partition coefficient (Wildman–Crippen LogP) is 3.73. The van der Waals surface area contributed by atoms with E-state index in [4.69, 9.17) is 9.47 Å². The Balaban J connectivity index is 1.71. The molecule has 2 amide bonds. The standard InChI is InChI=1S/C30H34FN3O6S/c1-21(2)17-32-30(36)26(15-22-7-5-4-6-8-22)33(18-23-9-11-24(31)12-10-23)29(35)19-34(41(3,37)38)25-13-14-27-28(16-25)40-20-39-27/h4-14,16,21,26H,15,17-20H2,1-3H3,(H,32,36). The lowest BCUT2D eigenvalue weighted by atomic mass is 10.0. The van der Waals surface area contributed by atoms with Gasteiger partial charge >= 0.3 is 0 Å². The number of nitrogens with zero attached hydrogens (tertiary/aromatic N) is 2. The smallest absolute Gasteiger partial charge is 0.244 e. The van der Waals surface area contributed by atoms with Gasteiger partial charge in [-0.05, 0) is 41.3 Å². The third-order valence-corrected chi connectivity index (χ3v) is 7.69. The molecule has 3 aromatic carbocycles. The second-order valence-corrected chi connectivity index (χ2v) is 12.2. The van der Waals surface area contributed by atoms with E-state index in [-0.39, 0.29) is 37.3 Å². The Morgan fingerprint density at radius 2 is 1.63 bits per heavy atom. The minimum atomic E-state index is -3.93. The Hall–Kier alpha value is -4.12. The van der Waals surface area contributed by atoms with Crippen molar-refractivity contribution in [1.29, 1.82) is 0 Å². The Morgan fingerprint density at radius 3 is 2.29 bits per heavy atom. The Labute approximate surface area is 239 Å². The largest absolute Gasteiger partial charge is 0.454 e. The van der Waals surface area contributed by atoms with Crippen LogP contribution in [0.4, 0.5) is 10.1 Å². The van der Waals surface area contributed by atoms with E-state index in [1.165, 1.54) is 41.3 Å². The fraction of sp³-hybridized carbons (Fsp3) is 0.333. The number of carbonyl (C=O) groups excluding carboxylic acids is 2. The average Bonchev–Trinajstić information content (AvgIpc) is 3.41. The van der Waals surface area contributed by atoms with Crippen molar-refractivity contribution in [3.8, 4) is 11.5 Å². The molecule has 0 fully saturated rings. The van der Waals surface area contributed by atoms with Gasteiger partial charge in [-0.15, -0.1) is 0 Å². The second kappa shape index (κ2) is 13.0. The number of nitrogens with one attached hydrogen (secondary N) is 1. The van der Waals surface area contributed by atoms with Crippen LogP contribution in [0.25, 0.3) is 0 Å². The highest BCUT2D eigenvalue weighted by Gasteiger charge is 2.33. The highest BCUT2D eigenvalue weighted by molar-refractivity contribution is 7.92. The summed E-state index contributed by atoms with van der Waals surface area (Å²) >= 11 is 0. The Morgan fingerprint density at radius 1 is 0.951 bits per heavy atom. The Bertz CT molecular complexity index is 1470. The number of sulfonamides is 1. The van der Waals surface area contributed by atoms with Crippen LogP contribution in [0, 0.1) is 11.7 Å². The van der Waals surface area contributed by atoms with Crippen LogP contribution in [0.15, 0.2) is 72.8 Å². The van der Waals surface area contributed by atoms with Crippen molar-refractivity contribution in [1.82, 2.24) is 10.2 Å². The fourth-order valence-electron chi connectivity index (χ4n) is 4.42. The van der Waals surface area contributed by atoms with Crippen LogP contribution in [0.5, 0.6) is 11.5 Å². The lowest BCUT2D eigenvalue weighted by Gasteiger charge is -2.33. The number of carbonyl (C=O) groups is 2. The molecule has 41 heavy (non-hydrogen) atoms. The van der Waals surface area contributed by atoms with Gasteiger partial charge in [0.15, 0.2) is 11.5 Å². The molecule has 1 aliphatic rings. The van der Waals surface area contributed by atoms with Crippen molar-refractivity contribution < 1.29 is 31.9 Å². The summed E-state index contributed by atoms with van der Waals surface area (Å²) in [5.74, 6) is -0.402. The molecule has 1 N–H and O–H groups in total. The van der Waals surface area contributed by atoms with Gasteiger partial charge in [0.1, 0.15) is 18.4 Å². The van der Waals surface area contributed by atoms with E-state index >= 15 is 0 Å². The van der Waals surface area contributed by atoms with Crippen LogP contribution >= 0.6 is 0 Å². The van der Waals surface area contributed by atoms with E-state index in [2.05, 4.69) is 5.32 Å². The topological polar surface area (TPSA) is 105 Å². The molecule has 9 nitrogen and oxygen atoms in total. The first-order valence-corrected chi connectivity index (χ1v) is 15.1. The predicted molar refractivity (Wildman–Crippen MR) is 153 cm³/mol. The van der Waals surface area contributed by atoms with E-state index in [9.17, 15) is 22.4 Å². The zero-order valence-electron chi connectivity index (χ0n) is 23.2. The summed E-state index contributed by atoms with van der Waals surface area (Å²) < 4.78 is 51.2. The molecular weight excluding hydrogens is 549 g/mol. The molecule has 1 heterocycles. The van der Waals surface area contributed by atoms with E-state index in [0.717, 1.165) is 16.1 Å². The minimum Gasteiger partial charge on any atom is -0.454 e. The van der Waals surface area contributed by atoms with Crippen molar-refractivity contribution in [2.45, 2.75) is 32.9 Å². The lowest BCUT2D eigenvalue weighted by molar-refractivity contribution is -0.140. The van der Waals surface area contributed by atoms with Gasteiger partial charge in [-0.1, -0.05) is 56.3 Å². The minimum absolute atomic E-state index is 0.00863. The summed E-state index contributed by atoms with van der Waals surface area (Å²) in [5, 5.41) is 2.92. The van der Waals surface area contributed by atoms with Crippen LogP contribution in [-0.4, -0.2) is 57.3 Å². The summed E-state index contributed by atoms with van der Waals surface area (Å²) in [6.07, 6.45) is 1.20. The van der Waals surface area contributed by atoms with Crippen molar-refractivity contribution in [3.05, 3.63) is 89.7 Å². The fourth-order valence-corrected chi connectivity index (χ4v) is 5.26. The van der Waals surface area contributed by atoms with Crippen molar-refractivity contribution in [2.24, 2.45) is 5.92 Å². The van der Waals surface area contributed by atoms with Crippen molar-refractivity contribution in [2.75, 3.05) is 30.4 Å². The molecule has 4 rings (SSSR count). The SMILES string of the molecule is CC(C)CNC(=O)C(Cc1ccccc1)N(Cc1ccc(F)cc1)C(=O)CN(c1ccc2c(c1)OCO2)S(C)(=O)=O. The molecule has 0 bridgehead atoms. The molecule has 3 aromatic rings. The summed E-state index contributed by atoms with van der Waals surface area (Å²) in [7, 11) is -3.93. The van der Waals surface area contributed by atoms with E-state index in [1.807, 2.05) is 44.2 Å². The third kappa shape index (κ3) is 7.97. The maximum absolute atomic E-state index is 14.1. The van der Waals surface area contributed by atoms with Crippen LogP contribution in [0.3, 0.4) is 0 Å². The number of hydrogen-bond donors (Lipinski definition) is 1. The molecule has 11 heteroatoms. The van der Waals surface area contributed by atoms with Gasteiger partial charge in [-0.25, -0.2) is 12.8 Å². The van der Waals surface area contributed by atoms with Gasteiger partial charge in [-0.3, -0.25) is 13.9 Å². The molecule has 1 atom stereocenters. The molecule has 218 valence electrons. The lowest BCUT2D eigenvalue weighted by Crippen LogP contribution is -2.53. The average molecular weight is 584 g/mol. The molecule has 0 saturated carbocycles. The zero-order chi connectivity index (χ0) is 29.6. The number of amides is 2. The van der Waals surface area contributed by atoms with Gasteiger partial charge in [0.25, 0.3) is 0 Å². The van der Waals surface area contributed by atoms with Gasteiger partial charge in [0, 0.05) is 25.6 Å². The van der Waals surface area contributed by atoms with Crippen molar-refractivity contribution in [3.63, 3.8) is 0 Å². The maximum atomic E-state index is 14.1. The maximum Gasteiger partial charge on any atom is 0.244 e. The summed E-state index contributed by atoms with van der Waals surface area (Å²) in [6, 6.07) is 18.5. The van der Waals surface area contributed by atoms with Gasteiger partial charge in [0.05, 0.1) is 11.9 Å². The number of benzene rings is 3. The molecule has 1 aliphatic heterocycles. The summed E-state index contributed by atoms with van der Waals surface area (Å²) in [6.45, 7) is 3.73. The van der Waals surface area contributed by atoms with Crippen LogP contribution < -0.4 is 19.1 Å². The number of hydrogen-bond acceptors (Lipinski definition) is 6. The molecule has 0 saturated heterocycles. The van der Waals surface area contributed by atoms with E-state index in [0.29, 0.717) is 23.6 Å². The molecule has 0 spiro atoms. The van der Waals surface area contributed by atoms with E-state index in [1.54, 1.807) is 6.07 Å². The molecule has 1 unspecified atom stereocenters. The van der Waals surface area contributed by atoms with Crippen LogP contribution in [-0.2, 0) is 32.6 Å².